The molecular weight excluding hydrogens is 380 g/mol. The molecule has 1 aromatic heterocycles. The Hall–Kier alpha value is -1.86. The number of morpholine rings is 1. The summed E-state index contributed by atoms with van der Waals surface area (Å²) in [6.45, 7) is 10.2. The van der Waals surface area contributed by atoms with Crippen molar-refractivity contribution in [2.24, 2.45) is 0 Å². The van der Waals surface area contributed by atoms with Gasteiger partial charge in [0.05, 0.1) is 25.3 Å². The Morgan fingerprint density at radius 1 is 0.933 bits per heavy atom. The van der Waals surface area contributed by atoms with E-state index in [4.69, 9.17) is 4.74 Å². The van der Waals surface area contributed by atoms with Crippen molar-refractivity contribution in [1.29, 1.82) is 0 Å². The van der Waals surface area contributed by atoms with Gasteiger partial charge >= 0.3 is 0 Å². The first-order valence-electron chi connectivity index (χ1n) is 11.6. The molecule has 0 bridgehead atoms. The van der Waals surface area contributed by atoms with E-state index < -0.39 is 0 Å². The van der Waals surface area contributed by atoms with Gasteiger partial charge in [-0.05, 0) is 32.8 Å². The minimum absolute atomic E-state index is 0.143. The van der Waals surface area contributed by atoms with Crippen LogP contribution in [0.1, 0.15) is 59.9 Å². The molecular formula is C23H36N4O3. The number of aromatic nitrogens is 1. The second-order valence-electron chi connectivity index (χ2n) is 9.01. The lowest BCUT2D eigenvalue weighted by Crippen LogP contribution is -2.52. The van der Waals surface area contributed by atoms with E-state index >= 15 is 0 Å². The fraction of sp³-hybridized carbons (Fsp3) is 0.739. The van der Waals surface area contributed by atoms with Crippen LogP contribution >= 0.6 is 0 Å². The van der Waals surface area contributed by atoms with E-state index in [1.54, 1.807) is 0 Å². The summed E-state index contributed by atoms with van der Waals surface area (Å²) in [6, 6.07) is 2.63. The van der Waals surface area contributed by atoms with Gasteiger partial charge in [0.25, 0.3) is 5.91 Å². The van der Waals surface area contributed by atoms with Gasteiger partial charge in [0.15, 0.2) is 0 Å². The number of carbonyl (C=O) groups is 2. The van der Waals surface area contributed by atoms with Gasteiger partial charge in [-0.1, -0.05) is 19.3 Å². The largest absolute Gasteiger partial charge is 0.378 e. The minimum Gasteiger partial charge on any atom is -0.378 e. The summed E-state index contributed by atoms with van der Waals surface area (Å²) in [4.78, 5) is 31.8. The normalized spacial score (nSPS) is 21.8. The molecule has 0 aromatic carbocycles. The lowest BCUT2D eigenvalue weighted by molar-refractivity contribution is -0.136. The Balaban J connectivity index is 1.33. The number of carbonyl (C=O) groups excluding carboxylic acids is 2. The monoisotopic (exact) mass is 416 g/mol. The molecule has 1 aromatic rings. The van der Waals surface area contributed by atoms with Crippen molar-refractivity contribution in [3.63, 3.8) is 0 Å². The molecule has 7 heteroatoms. The fourth-order valence-electron chi connectivity index (χ4n) is 5.28. The summed E-state index contributed by atoms with van der Waals surface area (Å²) in [5, 5.41) is 0. The maximum absolute atomic E-state index is 13.3. The van der Waals surface area contributed by atoms with Crippen molar-refractivity contribution >= 4 is 11.8 Å². The van der Waals surface area contributed by atoms with E-state index in [-0.39, 0.29) is 11.8 Å². The van der Waals surface area contributed by atoms with Gasteiger partial charge in [-0.25, -0.2) is 0 Å². The van der Waals surface area contributed by atoms with Crippen LogP contribution in [-0.2, 0) is 9.53 Å². The number of hydrogen-bond acceptors (Lipinski definition) is 4. The molecule has 30 heavy (non-hydrogen) atoms. The third kappa shape index (κ3) is 4.57. The van der Waals surface area contributed by atoms with Crippen molar-refractivity contribution in [2.75, 3.05) is 59.0 Å². The fourth-order valence-corrected chi connectivity index (χ4v) is 5.28. The Bertz CT molecular complexity index is 755. The molecule has 4 rings (SSSR count). The SMILES string of the molecule is Cc1cc(C(=O)N2CCN(CC(=O)N3CCOCC3)CC2)c(C)n1C1CCCCC1. The van der Waals surface area contributed by atoms with Crippen LogP contribution in [0.4, 0.5) is 0 Å². The number of piperazine rings is 1. The van der Waals surface area contributed by atoms with Crippen molar-refractivity contribution in [1.82, 2.24) is 19.3 Å². The molecule has 2 amide bonds. The highest BCUT2D eigenvalue weighted by molar-refractivity contribution is 5.95. The van der Waals surface area contributed by atoms with Crippen LogP contribution in [0.5, 0.6) is 0 Å². The van der Waals surface area contributed by atoms with Crippen molar-refractivity contribution in [3.05, 3.63) is 23.0 Å². The Morgan fingerprint density at radius 2 is 1.60 bits per heavy atom. The maximum atomic E-state index is 13.3. The van der Waals surface area contributed by atoms with Crippen LogP contribution in [0.3, 0.4) is 0 Å². The summed E-state index contributed by atoms with van der Waals surface area (Å²) < 4.78 is 7.73. The Kier molecular flexibility index (Phi) is 6.78. The van der Waals surface area contributed by atoms with E-state index in [0.717, 1.165) is 24.3 Å². The standard InChI is InChI=1S/C23H36N4O3/c1-18-16-21(19(2)27(18)20-6-4-3-5-7-20)23(29)26-10-8-24(9-11-26)17-22(28)25-12-14-30-15-13-25/h16,20H,3-15,17H2,1-2H3. The van der Waals surface area contributed by atoms with Gasteiger partial charge in [-0.15, -0.1) is 0 Å². The zero-order valence-electron chi connectivity index (χ0n) is 18.6. The second kappa shape index (κ2) is 9.52. The van der Waals surface area contributed by atoms with Crippen molar-refractivity contribution in [2.45, 2.75) is 52.0 Å². The topological polar surface area (TPSA) is 58.0 Å². The van der Waals surface area contributed by atoms with E-state index in [0.29, 0.717) is 52.0 Å². The van der Waals surface area contributed by atoms with Gasteiger partial charge in [0, 0.05) is 56.7 Å². The zero-order chi connectivity index (χ0) is 21.1. The minimum atomic E-state index is 0.143. The average Bonchev–Trinajstić information content (AvgIpc) is 3.08. The molecule has 0 unspecified atom stereocenters. The Morgan fingerprint density at radius 3 is 2.27 bits per heavy atom. The quantitative estimate of drug-likeness (QED) is 0.755. The number of aryl methyl sites for hydroxylation is 1. The molecule has 166 valence electrons. The summed E-state index contributed by atoms with van der Waals surface area (Å²) in [7, 11) is 0. The summed E-state index contributed by atoms with van der Waals surface area (Å²) >= 11 is 0. The molecule has 1 saturated carbocycles. The molecule has 0 N–H and O–H groups in total. The second-order valence-corrected chi connectivity index (χ2v) is 9.01. The van der Waals surface area contributed by atoms with Gasteiger partial charge in [-0.3, -0.25) is 14.5 Å². The maximum Gasteiger partial charge on any atom is 0.255 e. The van der Waals surface area contributed by atoms with Crippen LogP contribution in [0.2, 0.25) is 0 Å². The molecule has 3 heterocycles. The van der Waals surface area contributed by atoms with Gasteiger partial charge in [-0.2, -0.15) is 0 Å². The summed E-state index contributed by atoms with van der Waals surface area (Å²) in [5.41, 5.74) is 3.18. The molecule has 2 saturated heterocycles. The molecule has 7 nitrogen and oxygen atoms in total. The highest BCUT2D eigenvalue weighted by Crippen LogP contribution is 2.32. The number of hydrogen-bond donors (Lipinski definition) is 0. The van der Waals surface area contributed by atoms with Crippen LogP contribution in [0.25, 0.3) is 0 Å². The van der Waals surface area contributed by atoms with Gasteiger partial charge < -0.3 is 19.1 Å². The smallest absolute Gasteiger partial charge is 0.255 e. The van der Waals surface area contributed by atoms with E-state index in [2.05, 4.69) is 29.4 Å². The molecule has 0 atom stereocenters. The predicted molar refractivity (Wildman–Crippen MR) is 116 cm³/mol. The average molecular weight is 417 g/mol. The number of amides is 2. The summed E-state index contributed by atoms with van der Waals surface area (Å²) in [6.07, 6.45) is 6.35. The van der Waals surface area contributed by atoms with E-state index in [1.807, 2.05) is 9.80 Å². The predicted octanol–water partition coefficient (Wildman–Crippen LogP) is 2.23. The van der Waals surface area contributed by atoms with Crippen LogP contribution in [0, 0.1) is 13.8 Å². The van der Waals surface area contributed by atoms with Crippen LogP contribution in [-0.4, -0.2) is 90.1 Å². The number of nitrogens with zero attached hydrogens (tertiary/aromatic N) is 4. The van der Waals surface area contributed by atoms with E-state index in [1.165, 1.54) is 37.8 Å². The first-order chi connectivity index (χ1) is 14.5. The lowest BCUT2D eigenvalue weighted by Gasteiger charge is -2.36. The molecule has 0 spiro atoms. The van der Waals surface area contributed by atoms with Gasteiger partial charge in [0.2, 0.25) is 5.91 Å². The third-order valence-electron chi connectivity index (χ3n) is 7.04. The third-order valence-corrected chi connectivity index (χ3v) is 7.04. The molecule has 3 fully saturated rings. The molecule has 2 aliphatic heterocycles. The number of rotatable bonds is 4. The lowest BCUT2D eigenvalue weighted by atomic mass is 9.95. The Labute approximate surface area is 179 Å². The van der Waals surface area contributed by atoms with Crippen LogP contribution < -0.4 is 0 Å². The highest BCUT2D eigenvalue weighted by atomic mass is 16.5. The van der Waals surface area contributed by atoms with Gasteiger partial charge in [0.1, 0.15) is 0 Å². The summed E-state index contributed by atoms with van der Waals surface area (Å²) in [5.74, 6) is 0.318. The molecule has 1 aliphatic carbocycles. The van der Waals surface area contributed by atoms with E-state index in [9.17, 15) is 9.59 Å². The van der Waals surface area contributed by atoms with Crippen LogP contribution in [0.15, 0.2) is 6.07 Å². The number of ether oxygens (including phenoxy) is 1. The van der Waals surface area contributed by atoms with Crippen molar-refractivity contribution in [3.8, 4) is 0 Å². The highest BCUT2D eigenvalue weighted by Gasteiger charge is 2.28. The first-order valence-corrected chi connectivity index (χ1v) is 11.6. The molecule has 0 radical (unpaired) electrons. The van der Waals surface area contributed by atoms with Crippen molar-refractivity contribution < 1.29 is 14.3 Å². The zero-order valence-corrected chi connectivity index (χ0v) is 18.6. The first kappa shape index (κ1) is 21.4. The molecule has 3 aliphatic rings.